The summed E-state index contributed by atoms with van der Waals surface area (Å²) >= 11 is 0. The van der Waals surface area contributed by atoms with Crippen LogP contribution in [0.1, 0.15) is 39.6 Å². The molecule has 33 heavy (non-hydrogen) atoms. The lowest BCUT2D eigenvalue weighted by molar-refractivity contribution is 0.102. The lowest BCUT2D eigenvalue weighted by atomic mass is 10.1. The highest BCUT2D eigenvalue weighted by atomic mass is 32.2. The number of aryl methyl sites for hydroxylation is 2. The molecule has 0 spiro atoms. The summed E-state index contributed by atoms with van der Waals surface area (Å²) in [5, 5.41) is 8.25. The highest BCUT2D eigenvalue weighted by Crippen LogP contribution is 2.32. The molecule has 1 saturated heterocycles. The van der Waals surface area contributed by atoms with Crippen molar-refractivity contribution in [3.8, 4) is 11.5 Å². The van der Waals surface area contributed by atoms with E-state index in [0.717, 1.165) is 16.8 Å². The maximum Gasteiger partial charge on any atom is 0.256 e. The molecule has 4 aromatic rings. The van der Waals surface area contributed by atoms with Gasteiger partial charge in [0.05, 0.1) is 40.5 Å². The largest absolute Gasteiger partial charge is 0.463 e. The first-order chi connectivity index (χ1) is 15.7. The van der Waals surface area contributed by atoms with Crippen LogP contribution in [0.3, 0.4) is 0 Å². The Labute approximate surface area is 191 Å². The summed E-state index contributed by atoms with van der Waals surface area (Å²) in [6, 6.07) is 10.7. The third-order valence-electron chi connectivity index (χ3n) is 6.26. The van der Waals surface area contributed by atoms with Crippen LogP contribution < -0.4 is 5.32 Å². The number of sulfone groups is 1. The van der Waals surface area contributed by atoms with Crippen LogP contribution in [0.2, 0.25) is 0 Å². The van der Waals surface area contributed by atoms with E-state index in [-0.39, 0.29) is 23.5 Å². The number of anilines is 1. The molecule has 1 unspecified atom stereocenters. The smallest absolute Gasteiger partial charge is 0.256 e. The van der Waals surface area contributed by atoms with Gasteiger partial charge in [0.2, 0.25) is 0 Å². The van der Waals surface area contributed by atoms with Crippen molar-refractivity contribution in [2.45, 2.75) is 33.2 Å². The Morgan fingerprint density at radius 2 is 2.00 bits per heavy atom. The summed E-state index contributed by atoms with van der Waals surface area (Å²) in [6.45, 7) is 5.77. The fraction of sp³-hybridized carbons (Fsp3) is 0.292. The summed E-state index contributed by atoms with van der Waals surface area (Å²) < 4.78 is 31.4. The Kier molecular flexibility index (Phi) is 5.08. The van der Waals surface area contributed by atoms with E-state index in [1.165, 1.54) is 0 Å². The molecule has 5 rings (SSSR count). The van der Waals surface area contributed by atoms with Crippen molar-refractivity contribution in [2.24, 2.45) is 0 Å². The van der Waals surface area contributed by atoms with E-state index in [2.05, 4.69) is 10.4 Å². The van der Waals surface area contributed by atoms with Crippen molar-refractivity contribution < 1.29 is 17.6 Å². The molecule has 0 radical (unpaired) electrons. The predicted octanol–water partition coefficient (Wildman–Crippen LogP) is 4.23. The number of rotatable bonds is 4. The minimum atomic E-state index is -3.12. The van der Waals surface area contributed by atoms with E-state index in [9.17, 15) is 13.2 Å². The molecule has 1 N–H and O–H groups in total. The fourth-order valence-corrected chi connectivity index (χ4v) is 6.03. The molecule has 8 nitrogen and oxygen atoms in total. The van der Waals surface area contributed by atoms with Crippen LogP contribution in [-0.4, -0.2) is 40.6 Å². The van der Waals surface area contributed by atoms with Crippen molar-refractivity contribution in [3.63, 3.8) is 0 Å². The van der Waals surface area contributed by atoms with Gasteiger partial charge in [-0.2, -0.15) is 5.10 Å². The van der Waals surface area contributed by atoms with E-state index in [1.807, 2.05) is 39.0 Å². The number of carbonyl (C=O) groups is 1. The van der Waals surface area contributed by atoms with Gasteiger partial charge in [-0.25, -0.2) is 18.1 Å². The highest BCUT2D eigenvalue weighted by molar-refractivity contribution is 7.91. The lowest BCUT2D eigenvalue weighted by Crippen LogP contribution is -2.15. The summed E-state index contributed by atoms with van der Waals surface area (Å²) in [5.74, 6) is 0.364. The second kappa shape index (κ2) is 7.84. The normalized spacial score (nSPS) is 17.5. The topological polar surface area (TPSA) is 107 Å². The average molecular weight is 465 g/mol. The molecule has 0 aliphatic carbocycles. The van der Waals surface area contributed by atoms with Crippen LogP contribution in [0.5, 0.6) is 0 Å². The number of nitrogens with zero attached hydrogens (tertiary/aromatic N) is 3. The molecule has 1 aliphatic heterocycles. The van der Waals surface area contributed by atoms with Crippen LogP contribution in [0.25, 0.3) is 22.5 Å². The SMILES string of the molecule is Cc1cccc(NC(=O)c2cc(-c3ccco3)nc3c2c(C)nn3C2CCS(=O)(=O)C2)c1C. The lowest BCUT2D eigenvalue weighted by Gasteiger charge is -2.13. The van der Waals surface area contributed by atoms with Crippen molar-refractivity contribution in [1.29, 1.82) is 0 Å². The molecule has 1 aliphatic rings. The van der Waals surface area contributed by atoms with Gasteiger partial charge in [0.1, 0.15) is 5.69 Å². The monoisotopic (exact) mass is 464 g/mol. The molecule has 1 fully saturated rings. The van der Waals surface area contributed by atoms with E-state index >= 15 is 0 Å². The summed E-state index contributed by atoms with van der Waals surface area (Å²) in [7, 11) is -3.12. The van der Waals surface area contributed by atoms with Gasteiger partial charge in [-0.3, -0.25) is 4.79 Å². The Morgan fingerprint density at radius 3 is 2.70 bits per heavy atom. The van der Waals surface area contributed by atoms with Gasteiger partial charge in [-0.1, -0.05) is 12.1 Å². The van der Waals surface area contributed by atoms with Gasteiger partial charge < -0.3 is 9.73 Å². The predicted molar refractivity (Wildman–Crippen MR) is 126 cm³/mol. The molecule has 170 valence electrons. The zero-order valence-corrected chi connectivity index (χ0v) is 19.4. The second-order valence-electron chi connectivity index (χ2n) is 8.52. The number of fused-ring (bicyclic) bond motifs is 1. The molecule has 1 aromatic carbocycles. The molecule has 1 atom stereocenters. The first-order valence-corrected chi connectivity index (χ1v) is 12.6. The number of pyridine rings is 1. The summed E-state index contributed by atoms with van der Waals surface area (Å²) in [5.41, 5.74) is 4.81. The van der Waals surface area contributed by atoms with Crippen molar-refractivity contribution in [2.75, 3.05) is 16.8 Å². The van der Waals surface area contributed by atoms with E-state index in [0.29, 0.717) is 40.2 Å². The minimum Gasteiger partial charge on any atom is -0.463 e. The van der Waals surface area contributed by atoms with E-state index < -0.39 is 9.84 Å². The van der Waals surface area contributed by atoms with Crippen molar-refractivity contribution in [3.05, 3.63) is 65.0 Å². The number of nitrogens with one attached hydrogen (secondary N) is 1. The third kappa shape index (κ3) is 3.82. The zero-order chi connectivity index (χ0) is 23.3. The van der Waals surface area contributed by atoms with E-state index in [4.69, 9.17) is 9.40 Å². The number of furan rings is 1. The maximum absolute atomic E-state index is 13.5. The maximum atomic E-state index is 13.5. The summed E-state index contributed by atoms with van der Waals surface area (Å²) in [6.07, 6.45) is 2.01. The van der Waals surface area contributed by atoms with Gasteiger partial charge in [-0.05, 0) is 62.6 Å². The van der Waals surface area contributed by atoms with Crippen molar-refractivity contribution in [1.82, 2.24) is 14.8 Å². The molecule has 0 bridgehead atoms. The second-order valence-corrected chi connectivity index (χ2v) is 10.7. The minimum absolute atomic E-state index is 0.0138. The number of hydrogen-bond acceptors (Lipinski definition) is 6. The molecular weight excluding hydrogens is 440 g/mol. The van der Waals surface area contributed by atoms with Crippen LogP contribution in [-0.2, 0) is 9.84 Å². The third-order valence-corrected chi connectivity index (χ3v) is 8.01. The highest BCUT2D eigenvalue weighted by Gasteiger charge is 2.32. The number of benzene rings is 1. The molecule has 3 aromatic heterocycles. The number of carbonyl (C=O) groups excluding carboxylic acids is 1. The molecule has 9 heteroatoms. The van der Waals surface area contributed by atoms with Crippen molar-refractivity contribution >= 4 is 32.5 Å². The molecule has 0 saturated carbocycles. The first-order valence-electron chi connectivity index (χ1n) is 10.8. The fourth-order valence-electron chi connectivity index (χ4n) is 4.34. The van der Waals surface area contributed by atoms with Gasteiger partial charge in [-0.15, -0.1) is 0 Å². The number of amides is 1. The Bertz CT molecular complexity index is 1490. The van der Waals surface area contributed by atoms with Gasteiger partial charge in [0.25, 0.3) is 5.91 Å². The average Bonchev–Trinajstić information content (AvgIpc) is 3.50. The Balaban J connectivity index is 1.67. The molecular formula is C24H24N4O4S. The zero-order valence-electron chi connectivity index (χ0n) is 18.6. The molecule has 1 amide bonds. The Hall–Kier alpha value is -3.46. The number of hydrogen-bond donors (Lipinski definition) is 1. The Morgan fingerprint density at radius 1 is 1.18 bits per heavy atom. The van der Waals surface area contributed by atoms with Crippen LogP contribution in [0, 0.1) is 20.8 Å². The van der Waals surface area contributed by atoms with Gasteiger partial charge >= 0.3 is 0 Å². The van der Waals surface area contributed by atoms with Crippen LogP contribution in [0.4, 0.5) is 5.69 Å². The van der Waals surface area contributed by atoms with Gasteiger partial charge in [0, 0.05) is 5.69 Å². The molecule has 4 heterocycles. The van der Waals surface area contributed by atoms with E-state index in [1.54, 1.807) is 29.1 Å². The standard InChI is InChI=1S/C24H24N4O4S/c1-14-6-4-7-19(15(14)2)26-24(29)18-12-20(21-8-5-10-32-21)25-23-22(18)16(3)27-28(23)17-9-11-33(30,31)13-17/h4-8,10,12,17H,9,11,13H2,1-3H3,(H,26,29). The van der Waals surface area contributed by atoms with Gasteiger partial charge in [0.15, 0.2) is 21.2 Å². The summed E-state index contributed by atoms with van der Waals surface area (Å²) in [4.78, 5) is 18.2. The van der Waals surface area contributed by atoms with Crippen LogP contribution in [0.15, 0.2) is 47.1 Å². The van der Waals surface area contributed by atoms with Crippen LogP contribution >= 0.6 is 0 Å². The quantitative estimate of drug-likeness (QED) is 0.484. The number of aromatic nitrogens is 3. The first kappa shape index (κ1) is 21.4.